The third kappa shape index (κ3) is 3.53. The maximum absolute atomic E-state index is 12.5. The zero-order valence-electron chi connectivity index (χ0n) is 13.2. The van der Waals surface area contributed by atoms with Crippen molar-refractivity contribution in [2.24, 2.45) is 0 Å². The zero-order valence-corrected chi connectivity index (χ0v) is 13.2. The van der Waals surface area contributed by atoms with Crippen LogP contribution in [0.25, 0.3) is 0 Å². The van der Waals surface area contributed by atoms with Crippen LogP contribution in [0.4, 0.5) is 5.69 Å². The summed E-state index contributed by atoms with van der Waals surface area (Å²) in [6.07, 6.45) is 5.02. The highest BCUT2D eigenvalue weighted by molar-refractivity contribution is 5.93. The molecule has 2 aliphatic rings. The molecule has 2 heterocycles. The van der Waals surface area contributed by atoms with Gasteiger partial charge in [0.05, 0.1) is 13.1 Å². The lowest BCUT2D eigenvalue weighted by Crippen LogP contribution is -3.16. The maximum Gasteiger partial charge on any atom is 0.282 e. The van der Waals surface area contributed by atoms with E-state index in [4.69, 9.17) is 9.47 Å². The highest BCUT2D eigenvalue weighted by atomic mass is 16.6. The third-order valence-electron chi connectivity index (χ3n) is 4.56. The molecule has 0 aromatic heterocycles. The predicted octanol–water partition coefficient (Wildman–Crippen LogP) is 1.24. The lowest BCUT2D eigenvalue weighted by atomic mass is 10.2. The standard InChI is InChI=1S/C17H24N2O3/c1-13(19-8-4-2-3-5-9-19)17(20)18-14-6-7-15-16(12-14)22-11-10-21-15/h6-7,12-13H,2-5,8-11H2,1H3,(H,18,20)/p+1/t13-/m0/s1. The smallest absolute Gasteiger partial charge is 0.282 e. The molecule has 2 N–H and O–H groups in total. The van der Waals surface area contributed by atoms with E-state index in [1.54, 1.807) is 0 Å². The van der Waals surface area contributed by atoms with E-state index < -0.39 is 0 Å². The fourth-order valence-electron chi connectivity index (χ4n) is 3.17. The van der Waals surface area contributed by atoms with Crippen LogP contribution in [0.1, 0.15) is 32.6 Å². The molecule has 1 amide bonds. The second-order valence-corrected chi connectivity index (χ2v) is 6.14. The zero-order chi connectivity index (χ0) is 15.4. The van der Waals surface area contributed by atoms with Gasteiger partial charge in [-0.2, -0.15) is 0 Å². The number of carbonyl (C=O) groups excluding carboxylic acids is 1. The molecule has 120 valence electrons. The molecule has 0 aliphatic carbocycles. The summed E-state index contributed by atoms with van der Waals surface area (Å²) in [4.78, 5) is 13.9. The first kappa shape index (κ1) is 15.2. The van der Waals surface area contributed by atoms with Gasteiger partial charge in [0.2, 0.25) is 0 Å². The first-order chi connectivity index (χ1) is 10.7. The highest BCUT2D eigenvalue weighted by Gasteiger charge is 2.26. The first-order valence-corrected chi connectivity index (χ1v) is 8.29. The van der Waals surface area contributed by atoms with Crippen LogP contribution in [0.15, 0.2) is 18.2 Å². The maximum atomic E-state index is 12.5. The van der Waals surface area contributed by atoms with Crippen molar-refractivity contribution in [1.82, 2.24) is 0 Å². The van der Waals surface area contributed by atoms with E-state index in [2.05, 4.69) is 5.32 Å². The number of benzene rings is 1. The van der Waals surface area contributed by atoms with Crippen molar-refractivity contribution >= 4 is 11.6 Å². The summed E-state index contributed by atoms with van der Waals surface area (Å²) < 4.78 is 11.1. The molecule has 1 aromatic carbocycles. The van der Waals surface area contributed by atoms with Crippen LogP contribution >= 0.6 is 0 Å². The van der Waals surface area contributed by atoms with Crippen LogP contribution in [-0.2, 0) is 4.79 Å². The van der Waals surface area contributed by atoms with Crippen LogP contribution < -0.4 is 19.7 Å². The summed E-state index contributed by atoms with van der Waals surface area (Å²) in [6, 6.07) is 5.55. The lowest BCUT2D eigenvalue weighted by molar-refractivity contribution is -0.913. The molecule has 0 radical (unpaired) electrons. The summed E-state index contributed by atoms with van der Waals surface area (Å²) >= 11 is 0. The Morgan fingerprint density at radius 2 is 1.77 bits per heavy atom. The molecular weight excluding hydrogens is 280 g/mol. The molecule has 1 fully saturated rings. The van der Waals surface area contributed by atoms with E-state index in [0.29, 0.717) is 19.0 Å². The van der Waals surface area contributed by atoms with Gasteiger partial charge in [0.25, 0.3) is 5.91 Å². The van der Waals surface area contributed by atoms with Crippen LogP contribution in [-0.4, -0.2) is 38.3 Å². The minimum absolute atomic E-state index is 0.0219. The summed E-state index contributed by atoms with van der Waals surface area (Å²) in [7, 11) is 0. The van der Waals surface area contributed by atoms with Gasteiger partial charge in [-0.15, -0.1) is 0 Å². The number of amides is 1. The predicted molar refractivity (Wildman–Crippen MR) is 84.7 cm³/mol. The Kier molecular flexibility index (Phi) is 4.83. The Labute approximate surface area is 131 Å². The van der Waals surface area contributed by atoms with Crippen LogP contribution in [0.2, 0.25) is 0 Å². The van der Waals surface area contributed by atoms with Crippen molar-refractivity contribution in [3.05, 3.63) is 18.2 Å². The van der Waals surface area contributed by atoms with Crippen LogP contribution in [0.3, 0.4) is 0 Å². The Balaban J connectivity index is 1.63. The van der Waals surface area contributed by atoms with Crippen molar-refractivity contribution in [1.29, 1.82) is 0 Å². The van der Waals surface area contributed by atoms with Gasteiger partial charge in [0.15, 0.2) is 17.5 Å². The van der Waals surface area contributed by atoms with E-state index in [9.17, 15) is 4.79 Å². The van der Waals surface area contributed by atoms with E-state index >= 15 is 0 Å². The molecule has 5 nitrogen and oxygen atoms in total. The number of likely N-dealkylation sites (tertiary alicyclic amines) is 1. The number of fused-ring (bicyclic) bond motifs is 1. The molecule has 1 saturated heterocycles. The Morgan fingerprint density at radius 3 is 2.50 bits per heavy atom. The molecule has 5 heteroatoms. The normalized spacial score (nSPS) is 20.0. The van der Waals surface area contributed by atoms with Crippen molar-refractivity contribution in [3.63, 3.8) is 0 Å². The van der Waals surface area contributed by atoms with Crippen LogP contribution in [0.5, 0.6) is 11.5 Å². The van der Waals surface area contributed by atoms with E-state index in [1.807, 2.05) is 25.1 Å². The summed E-state index contributed by atoms with van der Waals surface area (Å²) in [5.41, 5.74) is 0.773. The summed E-state index contributed by atoms with van der Waals surface area (Å²) in [5, 5.41) is 3.01. The summed E-state index contributed by atoms with van der Waals surface area (Å²) in [5.74, 6) is 1.53. The fraction of sp³-hybridized carbons (Fsp3) is 0.588. The molecule has 1 atom stereocenters. The fourth-order valence-corrected chi connectivity index (χ4v) is 3.17. The molecule has 3 rings (SSSR count). The number of nitrogens with one attached hydrogen (secondary N) is 2. The van der Waals surface area contributed by atoms with Gasteiger partial charge in [0.1, 0.15) is 13.2 Å². The average Bonchev–Trinajstić information content (AvgIpc) is 2.83. The van der Waals surface area contributed by atoms with Gasteiger partial charge in [-0.25, -0.2) is 0 Å². The molecule has 0 bridgehead atoms. The average molecular weight is 305 g/mol. The topological polar surface area (TPSA) is 52.0 Å². The first-order valence-electron chi connectivity index (χ1n) is 8.29. The minimum Gasteiger partial charge on any atom is -0.486 e. The number of ether oxygens (including phenoxy) is 2. The van der Waals surface area contributed by atoms with Gasteiger partial charge < -0.3 is 19.7 Å². The van der Waals surface area contributed by atoms with Crippen molar-refractivity contribution < 1.29 is 19.2 Å². The van der Waals surface area contributed by atoms with E-state index in [0.717, 1.165) is 24.5 Å². The number of hydrogen-bond donors (Lipinski definition) is 2. The third-order valence-corrected chi connectivity index (χ3v) is 4.56. The molecule has 2 aliphatic heterocycles. The highest BCUT2D eigenvalue weighted by Crippen LogP contribution is 2.32. The number of rotatable bonds is 3. The molecule has 0 saturated carbocycles. The molecule has 22 heavy (non-hydrogen) atoms. The Bertz CT molecular complexity index is 525. The number of quaternary nitrogens is 1. The van der Waals surface area contributed by atoms with Gasteiger partial charge in [-0.1, -0.05) is 0 Å². The molecule has 1 aromatic rings. The monoisotopic (exact) mass is 305 g/mol. The largest absolute Gasteiger partial charge is 0.486 e. The number of hydrogen-bond acceptors (Lipinski definition) is 3. The van der Waals surface area contributed by atoms with Crippen molar-refractivity contribution in [2.75, 3.05) is 31.6 Å². The second-order valence-electron chi connectivity index (χ2n) is 6.14. The Morgan fingerprint density at radius 1 is 1.09 bits per heavy atom. The molecule has 0 spiro atoms. The van der Waals surface area contributed by atoms with Crippen molar-refractivity contribution in [2.45, 2.75) is 38.6 Å². The Hall–Kier alpha value is -1.75. The molecular formula is C17H25N2O3+. The van der Waals surface area contributed by atoms with Crippen molar-refractivity contribution in [3.8, 4) is 11.5 Å². The second kappa shape index (κ2) is 7.01. The number of anilines is 1. The van der Waals surface area contributed by atoms with Gasteiger partial charge in [-0.3, -0.25) is 4.79 Å². The lowest BCUT2D eigenvalue weighted by Gasteiger charge is -2.24. The van der Waals surface area contributed by atoms with Gasteiger partial charge >= 0.3 is 0 Å². The summed E-state index contributed by atoms with van der Waals surface area (Å²) in [6.45, 7) is 5.34. The molecule has 0 unspecified atom stereocenters. The minimum atomic E-state index is -0.0219. The SMILES string of the molecule is C[C@@H](C(=O)Nc1ccc2c(c1)OCCO2)[NH+]1CCCCCC1. The quantitative estimate of drug-likeness (QED) is 0.883. The van der Waals surface area contributed by atoms with E-state index in [-0.39, 0.29) is 11.9 Å². The van der Waals surface area contributed by atoms with E-state index in [1.165, 1.54) is 30.6 Å². The van der Waals surface area contributed by atoms with Crippen LogP contribution in [0, 0.1) is 0 Å². The van der Waals surface area contributed by atoms with Gasteiger partial charge in [-0.05, 0) is 44.7 Å². The number of carbonyl (C=O) groups is 1. The van der Waals surface area contributed by atoms with Gasteiger partial charge in [0, 0.05) is 11.8 Å².